The molecule has 0 aliphatic carbocycles. The van der Waals surface area contributed by atoms with Crippen LogP contribution in [-0.2, 0) is 10.2 Å². The third kappa shape index (κ3) is 6.03. The molecule has 0 bridgehead atoms. The van der Waals surface area contributed by atoms with E-state index in [-0.39, 0.29) is 0 Å². The van der Waals surface area contributed by atoms with Gasteiger partial charge in [-0.1, -0.05) is 20.8 Å². The lowest BCUT2D eigenvalue weighted by Crippen LogP contribution is -2.40. The second-order valence-electron chi connectivity index (χ2n) is 3.89. The summed E-state index contributed by atoms with van der Waals surface area (Å²) >= 11 is 5.67. The number of alkyl halides is 1. The second-order valence-corrected chi connectivity index (χ2v) is 5.95. The summed E-state index contributed by atoms with van der Waals surface area (Å²) in [7, 11) is -3.28. The lowest BCUT2D eigenvalue weighted by molar-refractivity contribution is 0.432. The van der Waals surface area contributed by atoms with Gasteiger partial charge in [0.05, 0.1) is 0 Å². The molecule has 1 atom stereocenters. The van der Waals surface area contributed by atoms with Crippen LogP contribution >= 0.6 is 11.6 Å². The molecule has 6 heteroatoms. The molecule has 0 aromatic rings. The zero-order chi connectivity index (χ0) is 12.6. The second kappa shape index (κ2) is 8.28. The van der Waals surface area contributed by atoms with Crippen molar-refractivity contribution in [2.45, 2.75) is 33.6 Å². The average molecular weight is 271 g/mol. The molecule has 0 aromatic carbocycles. The van der Waals surface area contributed by atoms with Crippen LogP contribution in [0.25, 0.3) is 0 Å². The summed E-state index contributed by atoms with van der Waals surface area (Å²) in [6.45, 7) is 7.22. The summed E-state index contributed by atoms with van der Waals surface area (Å²) in [5, 5.41) is 0. The molecular weight excluding hydrogens is 248 g/mol. The predicted molar refractivity (Wildman–Crippen MR) is 69.0 cm³/mol. The van der Waals surface area contributed by atoms with Gasteiger partial charge in [0.15, 0.2) is 0 Å². The van der Waals surface area contributed by atoms with Gasteiger partial charge in [0.25, 0.3) is 10.2 Å². The highest BCUT2D eigenvalue weighted by Gasteiger charge is 2.17. The first-order chi connectivity index (χ1) is 7.47. The molecule has 1 unspecified atom stereocenters. The molecule has 0 amide bonds. The molecule has 0 fully saturated rings. The quantitative estimate of drug-likeness (QED) is 0.513. The van der Waals surface area contributed by atoms with Crippen LogP contribution in [0.15, 0.2) is 0 Å². The first kappa shape index (κ1) is 16.2. The fourth-order valence-corrected chi connectivity index (χ4v) is 2.80. The fourth-order valence-electron chi connectivity index (χ4n) is 1.38. The van der Waals surface area contributed by atoms with Crippen LogP contribution in [0, 0.1) is 5.92 Å². The van der Waals surface area contributed by atoms with Crippen LogP contribution in [-0.4, -0.2) is 38.2 Å². The molecule has 0 heterocycles. The summed E-state index contributed by atoms with van der Waals surface area (Å²) in [6, 6.07) is 0. The molecule has 4 nitrogen and oxygen atoms in total. The van der Waals surface area contributed by atoms with E-state index in [0.29, 0.717) is 31.4 Å². The molecule has 0 aliphatic heterocycles. The van der Waals surface area contributed by atoms with Crippen molar-refractivity contribution in [3.05, 3.63) is 0 Å². The van der Waals surface area contributed by atoms with Gasteiger partial charge in [0, 0.05) is 25.5 Å². The Morgan fingerprint density at radius 2 is 1.88 bits per heavy atom. The van der Waals surface area contributed by atoms with Crippen molar-refractivity contribution >= 4 is 21.8 Å². The van der Waals surface area contributed by atoms with Gasteiger partial charge in [0.2, 0.25) is 0 Å². The normalized spacial score (nSPS) is 14.3. The standard InChI is InChI=1S/C10H23ClN2O2S/c1-4-13(5-2)16(14,15)12-8-6-7-10(3)9-11/h10,12H,4-9H2,1-3H3. The van der Waals surface area contributed by atoms with Crippen molar-refractivity contribution in [3.63, 3.8) is 0 Å². The maximum absolute atomic E-state index is 11.7. The number of nitrogens with one attached hydrogen (secondary N) is 1. The topological polar surface area (TPSA) is 49.4 Å². The first-order valence-electron chi connectivity index (χ1n) is 5.78. The number of hydrogen-bond donors (Lipinski definition) is 1. The Morgan fingerprint density at radius 1 is 1.31 bits per heavy atom. The van der Waals surface area contributed by atoms with Crippen molar-refractivity contribution in [3.8, 4) is 0 Å². The molecule has 0 spiro atoms. The van der Waals surface area contributed by atoms with Gasteiger partial charge in [-0.05, 0) is 18.8 Å². The Labute approximate surface area is 105 Å². The van der Waals surface area contributed by atoms with E-state index in [4.69, 9.17) is 11.6 Å². The summed E-state index contributed by atoms with van der Waals surface area (Å²) in [6.07, 6.45) is 1.78. The first-order valence-corrected chi connectivity index (χ1v) is 7.76. The van der Waals surface area contributed by atoms with Gasteiger partial charge in [-0.2, -0.15) is 12.7 Å². The highest BCUT2D eigenvalue weighted by Crippen LogP contribution is 2.06. The highest BCUT2D eigenvalue weighted by atomic mass is 35.5. The van der Waals surface area contributed by atoms with Crippen LogP contribution in [0.1, 0.15) is 33.6 Å². The summed E-state index contributed by atoms with van der Waals surface area (Å²) < 4.78 is 27.4. The minimum absolute atomic E-state index is 0.444. The molecule has 0 aromatic heterocycles. The van der Waals surface area contributed by atoms with Crippen LogP contribution in [0.2, 0.25) is 0 Å². The van der Waals surface area contributed by atoms with Crippen LogP contribution < -0.4 is 4.72 Å². The molecule has 0 aliphatic rings. The molecule has 0 saturated heterocycles. The van der Waals surface area contributed by atoms with Crippen LogP contribution in [0.3, 0.4) is 0 Å². The van der Waals surface area contributed by atoms with Gasteiger partial charge >= 0.3 is 0 Å². The van der Waals surface area contributed by atoms with E-state index in [9.17, 15) is 8.42 Å². The average Bonchev–Trinajstić information content (AvgIpc) is 2.25. The van der Waals surface area contributed by atoms with Crippen molar-refractivity contribution in [2.75, 3.05) is 25.5 Å². The molecular formula is C10H23ClN2O2S. The van der Waals surface area contributed by atoms with Gasteiger partial charge in [-0.25, -0.2) is 4.72 Å². The van der Waals surface area contributed by atoms with Crippen LogP contribution in [0.5, 0.6) is 0 Å². The molecule has 1 N–H and O–H groups in total. The highest BCUT2D eigenvalue weighted by molar-refractivity contribution is 7.87. The lowest BCUT2D eigenvalue weighted by atomic mass is 10.1. The summed E-state index contributed by atoms with van der Waals surface area (Å²) in [5.41, 5.74) is 0. The van der Waals surface area contributed by atoms with E-state index in [0.717, 1.165) is 12.8 Å². The van der Waals surface area contributed by atoms with Crippen molar-refractivity contribution in [1.82, 2.24) is 9.03 Å². The SMILES string of the molecule is CCN(CC)S(=O)(=O)NCCCC(C)CCl. The van der Waals surface area contributed by atoms with Crippen molar-refractivity contribution < 1.29 is 8.42 Å². The van der Waals surface area contributed by atoms with E-state index in [1.54, 1.807) is 0 Å². The molecule has 16 heavy (non-hydrogen) atoms. The Hall–Kier alpha value is 0.160. The van der Waals surface area contributed by atoms with Gasteiger partial charge in [0.1, 0.15) is 0 Å². The predicted octanol–water partition coefficient (Wildman–Crippen LogP) is 1.82. The van der Waals surface area contributed by atoms with Crippen molar-refractivity contribution in [2.24, 2.45) is 5.92 Å². The zero-order valence-electron chi connectivity index (χ0n) is 10.4. The summed E-state index contributed by atoms with van der Waals surface area (Å²) in [4.78, 5) is 0. The summed E-state index contributed by atoms with van der Waals surface area (Å²) in [5.74, 6) is 1.07. The molecule has 0 rings (SSSR count). The molecule has 0 radical (unpaired) electrons. The van der Waals surface area contributed by atoms with E-state index in [1.165, 1.54) is 4.31 Å². The van der Waals surface area contributed by atoms with Gasteiger partial charge in [-0.15, -0.1) is 11.6 Å². The van der Waals surface area contributed by atoms with E-state index in [2.05, 4.69) is 11.6 Å². The minimum atomic E-state index is -3.28. The molecule has 98 valence electrons. The largest absolute Gasteiger partial charge is 0.279 e. The smallest absolute Gasteiger partial charge is 0.202 e. The van der Waals surface area contributed by atoms with E-state index < -0.39 is 10.2 Å². The zero-order valence-corrected chi connectivity index (χ0v) is 11.9. The van der Waals surface area contributed by atoms with Gasteiger partial charge < -0.3 is 0 Å². The third-order valence-corrected chi connectivity index (χ3v) is 4.76. The molecule has 0 saturated carbocycles. The number of hydrogen-bond acceptors (Lipinski definition) is 2. The van der Waals surface area contributed by atoms with E-state index >= 15 is 0 Å². The number of nitrogens with zero attached hydrogens (tertiary/aromatic N) is 1. The Morgan fingerprint density at radius 3 is 2.31 bits per heavy atom. The Kier molecular flexibility index (Phi) is 8.36. The maximum atomic E-state index is 11.7. The van der Waals surface area contributed by atoms with Crippen molar-refractivity contribution in [1.29, 1.82) is 0 Å². The Balaban J connectivity index is 3.91. The third-order valence-electron chi connectivity index (χ3n) is 2.47. The maximum Gasteiger partial charge on any atom is 0.279 e. The number of rotatable bonds is 9. The Bertz CT molecular complexity index is 266. The minimum Gasteiger partial charge on any atom is -0.202 e. The van der Waals surface area contributed by atoms with Gasteiger partial charge in [-0.3, -0.25) is 0 Å². The fraction of sp³-hybridized carbons (Fsp3) is 1.00. The monoisotopic (exact) mass is 270 g/mol. The number of halogens is 1. The van der Waals surface area contributed by atoms with Crippen LogP contribution in [0.4, 0.5) is 0 Å². The van der Waals surface area contributed by atoms with E-state index in [1.807, 2.05) is 13.8 Å². The lowest BCUT2D eigenvalue weighted by Gasteiger charge is -2.18.